The molecule has 3 aromatic heterocycles. The molecule has 0 radical (unpaired) electrons. The van der Waals surface area contributed by atoms with E-state index in [-0.39, 0.29) is 5.70 Å². The number of morpholine rings is 1. The van der Waals surface area contributed by atoms with E-state index < -0.39 is 11.9 Å². The highest BCUT2D eigenvalue weighted by atomic mass is 16.5. The normalized spacial score (nSPS) is 20.4. The van der Waals surface area contributed by atoms with Crippen molar-refractivity contribution in [2.45, 2.75) is 25.4 Å². The minimum Gasteiger partial charge on any atom is -0.379 e. The van der Waals surface area contributed by atoms with E-state index in [1.807, 2.05) is 6.20 Å². The van der Waals surface area contributed by atoms with Crippen LogP contribution in [-0.2, 0) is 16.1 Å². The zero-order chi connectivity index (χ0) is 22.4. The Hall–Kier alpha value is -3.84. The number of anilines is 1. The molecule has 2 aliphatic heterocycles. The number of carbonyl (C=O) groups excluding carboxylic acids is 2. The second-order valence-electron chi connectivity index (χ2n) is 8.23. The number of ether oxygens (including phenoxy) is 1. The van der Waals surface area contributed by atoms with Crippen molar-refractivity contribution in [3.8, 4) is 5.95 Å². The number of carbonyl (C=O) groups is 2. The molecule has 13 heteroatoms. The number of imidazole rings is 1. The van der Waals surface area contributed by atoms with Crippen LogP contribution in [0.25, 0.3) is 17.7 Å². The molecule has 3 aliphatic rings. The van der Waals surface area contributed by atoms with Gasteiger partial charge in [-0.2, -0.15) is 19.6 Å². The maximum Gasteiger partial charge on any atom is 0.326 e. The number of hydrogen-bond acceptors (Lipinski definition) is 9. The Labute approximate surface area is 187 Å². The first kappa shape index (κ1) is 19.8. The smallest absolute Gasteiger partial charge is 0.326 e. The van der Waals surface area contributed by atoms with Crippen molar-refractivity contribution in [2.75, 3.05) is 31.6 Å². The van der Waals surface area contributed by atoms with Gasteiger partial charge in [0.2, 0.25) is 11.9 Å². The fourth-order valence-corrected chi connectivity index (χ4v) is 3.79. The summed E-state index contributed by atoms with van der Waals surface area (Å²) in [7, 11) is 0. The first-order valence-electron chi connectivity index (χ1n) is 10.8. The Morgan fingerprint density at radius 3 is 2.79 bits per heavy atom. The molecule has 2 saturated heterocycles. The lowest BCUT2D eigenvalue weighted by molar-refractivity contribution is -0.115. The highest BCUT2D eigenvalue weighted by Gasteiger charge is 2.26. The quantitative estimate of drug-likeness (QED) is 0.346. The summed E-state index contributed by atoms with van der Waals surface area (Å²) in [4.78, 5) is 39.6. The van der Waals surface area contributed by atoms with Gasteiger partial charge < -0.3 is 15.4 Å². The van der Waals surface area contributed by atoms with Crippen LogP contribution in [0.2, 0.25) is 0 Å². The zero-order valence-corrected chi connectivity index (χ0v) is 17.7. The molecule has 0 unspecified atom stereocenters. The molecule has 0 atom stereocenters. The Balaban J connectivity index is 1.36. The molecule has 1 saturated carbocycles. The number of fused-ring (bicyclic) bond motifs is 1. The first-order valence-corrected chi connectivity index (χ1v) is 10.8. The molecule has 170 valence electrons. The fourth-order valence-electron chi connectivity index (χ4n) is 3.79. The molecular weight excluding hydrogens is 428 g/mol. The molecule has 13 nitrogen and oxygen atoms in total. The van der Waals surface area contributed by atoms with Crippen molar-refractivity contribution in [3.05, 3.63) is 35.7 Å². The summed E-state index contributed by atoms with van der Waals surface area (Å²) in [5, 5.41) is 12.5. The summed E-state index contributed by atoms with van der Waals surface area (Å²) >= 11 is 0. The largest absolute Gasteiger partial charge is 0.379 e. The van der Waals surface area contributed by atoms with Crippen molar-refractivity contribution < 1.29 is 14.3 Å². The van der Waals surface area contributed by atoms with Crippen LogP contribution in [0.4, 0.5) is 10.7 Å². The molecule has 5 heterocycles. The van der Waals surface area contributed by atoms with Crippen molar-refractivity contribution >= 4 is 29.6 Å². The van der Waals surface area contributed by atoms with Crippen LogP contribution in [0.15, 0.2) is 24.4 Å². The predicted molar refractivity (Wildman–Crippen MR) is 115 cm³/mol. The average Bonchev–Trinajstić information content (AvgIpc) is 3.19. The second-order valence-corrected chi connectivity index (χ2v) is 8.23. The van der Waals surface area contributed by atoms with Crippen molar-refractivity contribution in [3.63, 3.8) is 0 Å². The van der Waals surface area contributed by atoms with Gasteiger partial charge in [0, 0.05) is 37.4 Å². The van der Waals surface area contributed by atoms with Gasteiger partial charge >= 0.3 is 6.03 Å². The topological polar surface area (TPSA) is 144 Å². The molecule has 0 spiro atoms. The summed E-state index contributed by atoms with van der Waals surface area (Å²) in [6.07, 6.45) is 8.90. The van der Waals surface area contributed by atoms with Gasteiger partial charge in [-0.05, 0) is 18.9 Å². The van der Waals surface area contributed by atoms with E-state index in [4.69, 9.17) is 4.74 Å². The highest BCUT2D eigenvalue weighted by Crippen LogP contribution is 2.25. The van der Waals surface area contributed by atoms with E-state index in [1.54, 1.807) is 27.7 Å². The van der Waals surface area contributed by atoms with Crippen molar-refractivity contribution in [1.82, 2.24) is 44.7 Å². The van der Waals surface area contributed by atoms with E-state index in [0.29, 0.717) is 29.1 Å². The molecule has 1 aliphatic carbocycles. The summed E-state index contributed by atoms with van der Waals surface area (Å²) in [5.41, 5.74) is 2.15. The van der Waals surface area contributed by atoms with E-state index in [2.05, 4.69) is 40.9 Å². The van der Waals surface area contributed by atoms with E-state index >= 15 is 0 Å². The van der Waals surface area contributed by atoms with Crippen LogP contribution in [0.3, 0.4) is 0 Å². The van der Waals surface area contributed by atoms with E-state index in [0.717, 1.165) is 51.4 Å². The summed E-state index contributed by atoms with van der Waals surface area (Å²) in [5.74, 6) is 0.504. The average molecular weight is 450 g/mol. The maximum absolute atomic E-state index is 12.0. The number of nitrogens with zero attached hydrogens (tertiary/aromatic N) is 7. The summed E-state index contributed by atoms with van der Waals surface area (Å²) < 4.78 is 8.80. The van der Waals surface area contributed by atoms with Gasteiger partial charge in [-0.15, -0.1) is 0 Å². The van der Waals surface area contributed by atoms with Gasteiger partial charge in [-0.1, -0.05) is 0 Å². The summed E-state index contributed by atoms with van der Waals surface area (Å²) in [6, 6.07) is -0.207. The number of hydrogen-bond donors (Lipinski definition) is 3. The number of rotatable bonds is 6. The Morgan fingerprint density at radius 1 is 1.18 bits per heavy atom. The fraction of sp³-hybridized carbons (Fsp3) is 0.400. The first-order chi connectivity index (χ1) is 16.1. The number of amides is 3. The third kappa shape index (κ3) is 4.03. The molecule has 3 aromatic rings. The van der Waals surface area contributed by atoms with Crippen LogP contribution in [0, 0.1) is 0 Å². The van der Waals surface area contributed by atoms with Crippen molar-refractivity contribution in [1.29, 1.82) is 0 Å². The second kappa shape index (κ2) is 7.94. The molecule has 3 N–H and O–H groups in total. The van der Waals surface area contributed by atoms with E-state index in [9.17, 15) is 9.59 Å². The Bertz CT molecular complexity index is 1270. The standard InChI is InChI=1S/C20H22N10O3/c31-17-15(24-20(32)26-17)7-12-8-22-30-16(12)25-18(27-19(30)23-13-1-2-13)29-10-14(21-11-29)9-28-3-5-33-6-4-28/h7-8,10-11,13H,1-6,9H2,(H,23,25,27)(H2,24,26,31,32)/b15-7-. The SMILES string of the molecule is O=C1NC(=O)/C(=C/c2cnn3c(NC4CC4)nc(-n4cnc(CN5CCOCC5)c4)nc23)N1. The number of imide groups is 1. The molecule has 33 heavy (non-hydrogen) atoms. The number of urea groups is 1. The van der Waals surface area contributed by atoms with Gasteiger partial charge in [-0.3, -0.25) is 19.6 Å². The maximum atomic E-state index is 12.0. The lowest BCUT2D eigenvalue weighted by Gasteiger charge is -2.25. The third-order valence-electron chi connectivity index (χ3n) is 5.67. The van der Waals surface area contributed by atoms with Crippen molar-refractivity contribution in [2.24, 2.45) is 0 Å². The van der Waals surface area contributed by atoms with Crippen LogP contribution < -0.4 is 16.0 Å². The lowest BCUT2D eigenvalue weighted by Crippen LogP contribution is -2.35. The monoisotopic (exact) mass is 450 g/mol. The minimum atomic E-state index is -0.555. The number of nitrogens with one attached hydrogen (secondary N) is 3. The van der Waals surface area contributed by atoms with Crippen LogP contribution in [0.5, 0.6) is 0 Å². The lowest BCUT2D eigenvalue weighted by atomic mass is 10.2. The predicted octanol–water partition coefficient (Wildman–Crippen LogP) is -0.103. The minimum absolute atomic E-state index is 0.141. The molecule has 3 amide bonds. The third-order valence-corrected chi connectivity index (χ3v) is 5.67. The van der Waals surface area contributed by atoms with Crippen LogP contribution in [-0.4, -0.2) is 78.3 Å². The molecule has 0 bridgehead atoms. The Morgan fingerprint density at radius 2 is 2.03 bits per heavy atom. The van der Waals surface area contributed by atoms with Gasteiger partial charge in [0.15, 0.2) is 5.65 Å². The molecule has 6 rings (SSSR count). The van der Waals surface area contributed by atoms with Gasteiger partial charge in [0.1, 0.15) is 12.0 Å². The van der Waals surface area contributed by atoms with Gasteiger partial charge in [0.25, 0.3) is 5.91 Å². The highest BCUT2D eigenvalue weighted by molar-refractivity contribution is 6.14. The van der Waals surface area contributed by atoms with Crippen LogP contribution >= 0.6 is 0 Å². The number of aromatic nitrogens is 6. The van der Waals surface area contributed by atoms with Crippen LogP contribution in [0.1, 0.15) is 24.1 Å². The molecular formula is C20H22N10O3. The van der Waals surface area contributed by atoms with Gasteiger partial charge in [-0.25, -0.2) is 9.78 Å². The molecule has 3 fully saturated rings. The summed E-state index contributed by atoms with van der Waals surface area (Å²) in [6.45, 7) is 3.94. The zero-order valence-electron chi connectivity index (χ0n) is 17.7. The van der Waals surface area contributed by atoms with Gasteiger partial charge in [0.05, 0.1) is 25.1 Å². The Kier molecular flexibility index (Phi) is 4.77. The van der Waals surface area contributed by atoms with E-state index in [1.165, 1.54) is 0 Å². The molecule has 0 aromatic carbocycles.